The van der Waals surface area contributed by atoms with Gasteiger partial charge in [-0.1, -0.05) is 12.1 Å². The molecule has 0 atom stereocenters. The molecule has 0 saturated heterocycles. The fourth-order valence-electron chi connectivity index (χ4n) is 1.51. The number of nitro groups is 1. The first-order chi connectivity index (χ1) is 8.31. The van der Waals surface area contributed by atoms with Crippen molar-refractivity contribution < 1.29 is 18.1 Å². The molecule has 0 aromatic heterocycles. The van der Waals surface area contributed by atoms with E-state index in [1.807, 2.05) is 0 Å². The van der Waals surface area contributed by atoms with Crippen LogP contribution in [-0.4, -0.2) is 17.6 Å². The summed E-state index contributed by atoms with van der Waals surface area (Å²) >= 11 is 0. The maximum Gasteiger partial charge on any atom is 0.390 e. The second-order valence-corrected chi connectivity index (χ2v) is 3.86. The molecule has 0 heterocycles. The van der Waals surface area contributed by atoms with Crippen molar-refractivity contribution in [3.63, 3.8) is 0 Å². The highest BCUT2D eigenvalue weighted by Gasteiger charge is 2.26. The molecule has 1 rings (SSSR count). The molecule has 0 radical (unpaired) electrons. The van der Waals surface area contributed by atoms with Gasteiger partial charge in [0.1, 0.15) is 0 Å². The highest BCUT2D eigenvalue weighted by molar-refractivity contribution is 5.44. The summed E-state index contributed by atoms with van der Waals surface area (Å²) in [5.41, 5.74) is 1.08. The van der Waals surface area contributed by atoms with Crippen molar-refractivity contribution >= 4 is 5.69 Å². The first kappa shape index (κ1) is 14.4. The second-order valence-electron chi connectivity index (χ2n) is 3.86. The van der Waals surface area contributed by atoms with Gasteiger partial charge in [-0.05, 0) is 12.5 Å². The lowest BCUT2D eigenvalue weighted by Gasteiger charge is -2.09. The van der Waals surface area contributed by atoms with Crippen LogP contribution in [0.15, 0.2) is 18.2 Å². The summed E-state index contributed by atoms with van der Waals surface area (Å²) in [5.74, 6) is 0. The summed E-state index contributed by atoms with van der Waals surface area (Å²) in [7, 11) is 0. The number of alkyl halides is 3. The molecule has 0 amide bonds. The summed E-state index contributed by atoms with van der Waals surface area (Å²) < 4.78 is 35.7. The zero-order valence-corrected chi connectivity index (χ0v) is 9.75. The largest absolute Gasteiger partial charge is 0.390 e. The van der Waals surface area contributed by atoms with Gasteiger partial charge in [0.05, 0.1) is 11.3 Å². The van der Waals surface area contributed by atoms with Gasteiger partial charge < -0.3 is 5.32 Å². The van der Waals surface area contributed by atoms with E-state index in [-0.39, 0.29) is 18.8 Å². The van der Waals surface area contributed by atoms with Crippen molar-refractivity contribution in [2.75, 3.05) is 6.54 Å². The summed E-state index contributed by atoms with van der Waals surface area (Å²) in [4.78, 5) is 10.2. The Kier molecular flexibility index (Phi) is 4.66. The van der Waals surface area contributed by atoms with Crippen molar-refractivity contribution in [2.45, 2.75) is 26.1 Å². The first-order valence-electron chi connectivity index (χ1n) is 5.31. The fraction of sp³-hybridized carbons (Fsp3) is 0.455. The summed E-state index contributed by atoms with van der Waals surface area (Å²) in [6, 6.07) is 4.55. The SMILES string of the molecule is Cc1c(CNCCC(F)(F)F)cccc1[N+](=O)[O-]. The highest BCUT2D eigenvalue weighted by Crippen LogP contribution is 2.21. The van der Waals surface area contributed by atoms with Crippen LogP contribution in [0.4, 0.5) is 18.9 Å². The van der Waals surface area contributed by atoms with E-state index < -0.39 is 17.5 Å². The topological polar surface area (TPSA) is 55.2 Å². The van der Waals surface area contributed by atoms with Crippen LogP contribution in [0.25, 0.3) is 0 Å². The monoisotopic (exact) mass is 262 g/mol. The van der Waals surface area contributed by atoms with Crippen molar-refractivity contribution in [2.24, 2.45) is 0 Å². The Morgan fingerprint density at radius 3 is 2.61 bits per heavy atom. The van der Waals surface area contributed by atoms with Crippen LogP contribution in [0.2, 0.25) is 0 Å². The zero-order chi connectivity index (χ0) is 13.8. The van der Waals surface area contributed by atoms with Gasteiger partial charge in [0.2, 0.25) is 0 Å². The first-order valence-corrected chi connectivity index (χ1v) is 5.31. The van der Waals surface area contributed by atoms with E-state index in [4.69, 9.17) is 0 Å². The van der Waals surface area contributed by atoms with Gasteiger partial charge in [0.15, 0.2) is 0 Å². The number of hydrogen-bond acceptors (Lipinski definition) is 3. The second kappa shape index (κ2) is 5.81. The predicted octanol–water partition coefficient (Wildman–Crippen LogP) is 2.95. The van der Waals surface area contributed by atoms with E-state index in [1.54, 1.807) is 13.0 Å². The Morgan fingerprint density at radius 1 is 1.39 bits per heavy atom. The molecular weight excluding hydrogens is 249 g/mol. The van der Waals surface area contributed by atoms with E-state index in [1.165, 1.54) is 12.1 Å². The smallest absolute Gasteiger partial charge is 0.312 e. The van der Waals surface area contributed by atoms with Gasteiger partial charge >= 0.3 is 6.18 Å². The molecule has 1 N–H and O–H groups in total. The molecule has 0 unspecified atom stereocenters. The maximum atomic E-state index is 11.9. The van der Waals surface area contributed by atoms with Gasteiger partial charge in [-0.2, -0.15) is 13.2 Å². The molecule has 0 aliphatic rings. The Hall–Kier alpha value is -1.63. The fourth-order valence-corrected chi connectivity index (χ4v) is 1.51. The Balaban J connectivity index is 2.58. The van der Waals surface area contributed by atoms with Gasteiger partial charge in [-0.25, -0.2) is 0 Å². The van der Waals surface area contributed by atoms with Crippen LogP contribution in [0.1, 0.15) is 17.5 Å². The average molecular weight is 262 g/mol. The summed E-state index contributed by atoms with van der Waals surface area (Å²) in [5, 5.41) is 13.3. The van der Waals surface area contributed by atoms with Gasteiger partial charge in [-0.3, -0.25) is 10.1 Å². The number of rotatable bonds is 5. The standard InChI is InChI=1S/C11H13F3N2O2/c1-8-9(3-2-4-10(8)16(17)18)7-15-6-5-11(12,13)14/h2-4,15H,5-7H2,1H3. The summed E-state index contributed by atoms with van der Waals surface area (Å²) in [6.07, 6.45) is -5.11. The quantitative estimate of drug-likeness (QED) is 0.504. The molecule has 0 aliphatic carbocycles. The van der Waals surface area contributed by atoms with Crippen LogP contribution in [0, 0.1) is 17.0 Å². The lowest BCUT2D eigenvalue weighted by Crippen LogP contribution is -2.21. The molecule has 0 bridgehead atoms. The molecule has 0 saturated carbocycles. The van der Waals surface area contributed by atoms with E-state index in [0.717, 1.165) is 0 Å². The number of nitro benzene ring substituents is 1. The molecule has 7 heteroatoms. The van der Waals surface area contributed by atoms with E-state index in [9.17, 15) is 23.3 Å². The van der Waals surface area contributed by atoms with Crippen LogP contribution >= 0.6 is 0 Å². The molecule has 0 fully saturated rings. The average Bonchev–Trinajstić information content (AvgIpc) is 2.24. The molecular formula is C11H13F3N2O2. The number of nitrogens with zero attached hydrogens (tertiary/aromatic N) is 1. The number of nitrogens with one attached hydrogen (secondary N) is 1. The highest BCUT2D eigenvalue weighted by atomic mass is 19.4. The van der Waals surface area contributed by atoms with Crippen molar-refractivity contribution in [1.82, 2.24) is 5.32 Å². The van der Waals surface area contributed by atoms with Crippen molar-refractivity contribution in [3.05, 3.63) is 39.4 Å². The molecule has 4 nitrogen and oxygen atoms in total. The lowest BCUT2D eigenvalue weighted by atomic mass is 10.1. The number of hydrogen-bond donors (Lipinski definition) is 1. The van der Waals surface area contributed by atoms with Crippen molar-refractivity contribution in [1.29, 1.82) is 0 Å². The van der Waals surface area contributed by atoms with E-state index in [0.29, 0.717) is 11.1 Å². The Bertz CT molecular complexity index is 433. The maximum absolute atomic E-state index is 11.9. The molecule has 0 spiro atoms. The van der Waals surface area contributed by atoms with Crippen LogP contribution in [0.3, 0.4) is 0 Å². The van der Waals surface area contributed by atoms with Gasteiger partial charge in [0, 0.05) is 24.7 Å². The van der Waals surface area contributed by atoms with Crippen LogP contribution < -0.4 is 5.32 Å². The minimum Gasteiger partial charge on any atom is -0.312 e. The molecule has 1 aromatic rings. The van der Waals surface area contributed by atoms with Gasteiger partial charge in [0.25, 0.3) is 5.69 Å². The van der Waals surface area contributed by atoms with Gasteiger partial charge in [-0.15, -0.1) is 0 Å². The Labute approximate surface area is 102 Å². The third-order valence-corrected chi connectivity index (χ3v) is 2.51. The number of halogens is 3. The third-order valence-electron chi connectivity index (χ3n) is 2.51. The summed E-state index contributed by atoms with van der Waals surface area (Å²) in [6.45, 7) is 1.56. The van der Waals surface area contributed by atoms with Crippen LogP contribution in [0.5, 0.6) is 0 Å². The Morgan fingerprint density at radius 2 is 2.06 bits per heavy atom. The molecule has 100 valence electrons. The molecule has 0 aliphatic heterocycles. The number of benzene rings is 1. The normalized spacial score (nSPS) is 11.6. The lowest BCUT2D eigenvalue weighted by molar-refractivity contribution is -0.385. The molecule has 1 aromatic carbocycles. The zero-order valence-electron chi connectivity index (χ0n) is 9.75. The van der Waals surface area contributed by atoms with Crippen molar-refractivity contribution in [3.8, 4) is 0 Å². The predicted molar refractivity (Wildman–Crippen MR) is 60.2 cm³/mol. The van der Waals surface area contributed by atoms with Crippen LogP contribution in [-0.2, 0) is 6.54 Å². The minimum absolute atomic E-state index is 0.0230. The van der Waals surface area contributed by atoms with E-state index in [2.05, 4.69) is 5.32 Å². The minimum atomic E-state index is -4.19. The van der Waals surface area contributed by atoms with E-state index >= 15 is 0 Å². The third kappa shape index (κ3) is 4.33. The molecule has 18 heavy (non-hydrogen) atoms.